The van der Waals surface area contributed by atoms with E-state index in [0.717, 1.165) is 22.3 Å². The molecule has 1 N–H and O–H groups in total. The van der Waals surface area contributed by atoms with Crippen LogP contribution in [0.5, 0.6) is 0 Å². The van der Waals surface area contributed by atoms with Gasteiger partial charge in [0.1, 0.15) is 12.1 Å². The number of rotatable bonds is 5. The Kier molecular flexibility index (Phi) is 5.13. The van der Waals surface area contributed by atoms with Crippen LogP contribution in [0.2, 0.25) is 0 Å². The first-order chi connectivity index (χ1) is 15.9. The standard InChI is InChI=1S/C24H14F4N2O2S/c25-18-19(26)21(28)24-22(20(18)27)29-16(33-24)10-14-13-8-4-5-9-15(13)30(11-17(31)32)23(14)12-6-2-1-3-7-12/h1-9H,10-11H2,(H,31,32). The van der Waals surface area contributed by atoms with Gasteiger partial charge in [-0.15, -0.1) is 11.3 Å². The molecule has 33 heavy (non-hydrogen) atoms. The summed E-state index contributed by atoms with van der Waals surface area (Å²) in [6, 6.07) is 16.3. The second-order valence-electron chi connectivity index (χ2n) is 7.41. The van der Waals surface area contributed by atoms with Gasteiger partial charge < -0.3 is 9.67 Å². The number of carboxylic acid groups (broad SMARTS) is 1. The second-order valence-corrected chi connectivity index (χ2v) is 8.49. The smallest absolute Gasteiger partial charge is 0.323 e. The highest BCUT2D eigenvalue weighted by molar-refractivity contribution is 7.18. The summed E-state index contributed by atoms with van der Waals surface area (Å²) in [5.41, 5.74) is 2.17. The fourth-order valence-electron chi connectivity index (χ4n) is 4.06. The summed E-state index contributed by atoms with van der Waals surface area (Å²) in [5.74, 6) is -7.83. The lowest BCUT2D eigenvalue weighted by molar-refractivity contribution is -0.137. The van der Waals surface area contributed by atoms with Crippen molar-refractivity contribution < 1.29 is 27.5 Å². The number of para-hydroxylation sites is 1. The molecule has 0 unspecified atom stereocenters. The number of fused-ring (bicyclic) bond motifs is 2. The molecule has 0 saturated heterocycles. The van der Waals surface area contributed by atoms with Gasteiger partial charge in [0.2, 0.25) is 0 Å². The molecule has 9 heteroatoms. The van der Waals surface area contributed by atoms with E-state index in [2.05, 4.69) is 4.98 Å². The van der Waals surface area contributed by atoms with Crippen molar-refractivity contribution in [3.63, 3.8) is 0 Å². The topological polar surface area (TPSA) is 55.1 Å². The van der Waals surface area contributed by atoms with Crippen molar-refractivity contribution in [2.45, 2.75) is 13.0 Å². The van der Waals surface area contributed by atoms with Crippen molar-refractivity contribution in [1.82, 2.24) is 9.55 Å². The Morgan fingerprint density at radius 2 is 1.58 bits per heavy atom. The summed E-state index contributed by atoms with van der Waals surface area (Å²) in [6.07, 6.45) is 0.0822. The van der Waals surface area contributed by atoms with Gasteiger partial charge in [-0.05, 0) is 17.2 Å². The lowest BCUT2D eigenvalue weighted by Gasteiger charge is -2.10. The van der Waals surface area contributed by atoms with Gasteiger partial charge in [0.15, 0.2) is 23.3 Å². The van der Waals surface area contributed by atoms with Crippen molar-refractivity contribution in [3.8, 4) is 11.3 Å². The van der Waals surface area contributed by atoms with Gasteiger partial charge in [0, 0.05) is 17.3 Å². The minimum Gasteiger partial charge on any atom is -0.480 e. The molecule has 2 aromatic heterocycles. The van der Waals surface area contributed by atoms with E-state index in [1.807, 2.05) is 36.4 Å². The van der Waals surface area contributed by atoms with Crippen LogP contribution in [0.1, 0.15) is 10.6 Å². The number of benzene rings is 3. The SMILES string of the molecule is O=C(O)Cn1c(-c2ccccc2)c(Cc2nc3c(F)c(F)c(F)c(F)c3s2)c2ccccc21. The number of thiazole rings is 1. The van der Waals surface area contributed by atoms with Crippen LogP contribution in [-0.2, 0) is 17.8 Å². The quantitative estimate of drug-likeness (QED) is 0.190. The summed E-state index contributed by atoms with van der Waals surface area (Å²) in [7, 11) is 0. The lowest BCUT2D eigenvalue weighted by Crippen LogP contribution is -2.10. The van der Waals surface area contributed by atoms with Crippen LogP contribution in [-0.4, -0.2) is 20.6 Å². The normalized spacial score (nSPS) is 11.5. The Balaban J connectivity index is 1.76. The molecule has 0 aliphatic rings. The second kappa shape index (κ2) is 8.00. The van der Waals surface area contributed by atoms with E-state index in [1.54, 1.807) is 22.8 Å². The molecule has 4 nitrogen and oxygen atoms in total. The third-order valence-corrected chi connectivity index (χ3v) is 6.45. The third kappa shape index (κ3) is 3.45. The van der Waals surface area contributed by atoms with E-state index >= 15 is 0 Å². The molecule has 3 aromatic carbocycles. The Hall–Kier alpha value is -3.72. The van der Waals surface area contributed by atoms with Gasteiger partial charge in [-0.25, -0.2) is 22.5 Å². The summed E-state index contributed by atoms with van der Waals surface area (Å²) in [4.78, 5) is 15.7. The van der Waals surface area contributed by atoms with Gasteiger partial charge in [0.25, 0.3) is 0 Å². The average Bonchev–Trinajstić information content (AvgIpc) is 3.37. The lowest BCUT2D eigenvalue weighted by atomic mass is 10.0. The molecule has 2 heterocycles. The first kappa shape index (κ1) is 21.1. The molecule has 0 fully saturated rings. The Bertz CT molecular complexity index is 1500. The van der Waals surface area contributed by atoms with Gasteiger partial charge >= 0.3 is 5.97 Å². The van der Waals surface area contributed by atoms with Crippen molar-refractivity contribution in [3.05, 3.63) is 88.4 Å². The van der Waals surface area contributed by atoms with Crippen LogP contribution in [0, 0.1) is 23.3 Å². The number of carbonyl (C=O) groups is 1. The van der Waals surface area contributed by atoms with Gasteiger partial charge in [-0.3, -0.25) is 4.79 Å². The minimum atomic E-state index is -1.90. The molecule has 0 atom stereocenters. The zero-order chi connectivity index (χ0) is 23.3. The van der Waals surface area contributed by atoms with E-state index in [4.69, 9.17) is 0 Å². The van der Waals surface area contributed by atoms with Crippen molar-refractivity contribution in [2.75, 3.05) is 0 Å². The fourth-order valence-corrected chi connectivity index (χ4v) is 5.06. The maximum absolute atomic E-state index is 14.3. The number of aliphatic carboxylic acids is 1. The molecule has 5 aromatic rings. The third-order valence-electron chi connectivity index (χ3n) is 5.40. The minimum absolute atomic E-state index is 0.0822. The molecule has 0 amide bonds. The number of aromatic nitrogens is 2. The van der Waals surface area contributed by atoms with Crippen LogP contribution in [0.25, 0.3) is 32.4 Å². The highest BCUT2D eigenvalue weighted by Crippen LogP contribution is 2.38. The summed E-state index contributed by atoms with van der Waals surface area (Å²) < 4.78 is 57.1. The van der Waals surface area contributed by atoms with Crippen LogP contribution in [0.15, 0.2) is 54.6 Å². The molecular weight excluding hydrogens is 456 g/mol. The summed E-state index contributed by atoms with van der Waals surface area (Å²) >= 11 is 0.733. The fraction of sp³-hybridized carbons (Fsp3) is 0.0833. The predicted molar refractivity (Wildman–Crippen MR) is 117 cm³/mol. The van der Waals surface area contributed by atoms with Gasteiger partial charge in [-0.1, -0.05) is 48.5 Å². The highest BCUT2D eigenvalue weighted by atomic mass is 32.1. The number of halogens is 4. The first-order valence-corrected chi connectivity index (χ1v) is 10.7. The molecule has 0 aliphatic heterocycles. The van der Waals surface area contributed by atoms with Crippen LogP contribution in [0.4, 0.5) is 17.6 Å². The Morgan fingerprint density at radius 1 is 0.909 bits per heavy atom. The molecule has 0 aliphatic carbocycles. The zero-order valence-corrected chi connectivity index (χ0v) is 17.6. The largest absolute Gasteiger partial charge is 0.480 e. The van der Waals surface area contributed by atoms with Crippen molar-refractivity contribution in [1.29, 1.82) is 0 Å². The number of nitrogens with zero attached hydrogens (tertiary/aromatic N) is 2. The van der Waals surface area contributed by atoms with Gasteiger partial charge in [0.05, 0.1) is 15.4 Å². The van der Waals surface area contributed by atoms with Crippen LogP contribution < -0.4 is 0 Å². The van der Waals surface area contributed by atoms with E-state index in [0.29, 0.717) is 16.8 Å². The van der Waals surface area contributed by atoms with E-state index in [-0.39, 0.29) is 18.0 Å². The molecule has 0 radical (unpaired) electrons. The number of hydrogen-bond acceptors (Lipinski definition) is 3. The number of hydrogen-bond donors (Lipinski definition) is 1. The predicted octanol–water partition coefficient (Wildman–Crippen LogP) is 6.15. The molecule has 0 saturated carbocycles. The zero-order valence-electron chi connectivity index (χ0n) is 16.8. The first-order valence-electron chi connectivity index (χ1n) is 9.85. The molecule has 0 bridgehead atoms. The van der Waals surface area contributed by atoms with Gasteiger partial charge in [-0.2, -0.15) is 0 Å². The monoisotopic (exact) mass is 470 g/mol. The molecule has 0 spiro atoms. The van der Waals surface area contributed by atoms with E-state index in [1.165, 1.54) is 0 Å². The summed E-state index contributed by atoms with van der Waals surface area (Å²) in [6.45, 7) is -0.301. The van der Waals surface area contributed by atoms with Crippen molar-refractivity contribution in [2.24, 2.45) is 0 Å². The Labute approximate surface area is 188 Å². The molecular formula is C24H14F4N2O2S. The molecule has 166 valence electrons. The summed E-state index contributed by atoms with van der Waals surface area (Å²) in [5, 5.41) is 10.5. The Morgan fingerprint density at radius 3 is 2.30 bits per heavy atom. The number of carboxylic acids is 1. The van der Waals surface area contributed by atoms with Crippen molar-refractivity contribution >= 4 is 38.4 Å². The van der Waals surface area contributed by atoms with Crippen LogP contribution in [0.3, 0.4) is 0 Å². The van der Waals surface area contributed by atoms with E-state index in [9.17, 15) is 27.5 Å². The maximum Gasteiger partial charge on any atom is 0.323 e. The van der Waals surface area contributed by atoms with Crippen LogP contribution >= 0.6 is 11.3 Å². The highest BCUT2D eigenvalue weighted by Gasteiger charge is 2.26. The maximum atomic E-state index is 14.3. The molecule has 5 rings (SSSR count). The van der Waals surface area contributed by atoms with E-state index < -0.39 is 39.5 Å². The average molecular weight is 470 g/mol.